The fraction of sp³-hybridized carbons (Fsp3) is 0. The third-order valence-corrected chi connectivity index (χ3v) is 1.47. The van der Waals surface area contributed by atoms with Crippen LogP contribution in [0.2, 0.25) is 0 Å². The molecule has 0 amide bonds. The van der Waals surface area contributed by atoms with Gasteiger partial charge in [-0.2, -0.15) is 5.10 Å². The molecule has 2 aromatic rings. The van der Waals surface area contributed by atoms with Gasteiger partial charge in [-0.1, -0.05) is 0 Å². The predicted molar refractivity (Wildman–Crippen MR) is 42.9 cm³/mol. The van der Waals surface area contributed by atoms with Gasteiger partial charge >= 0.3 is 0 Å². The Labute approximate surface area is 67.0 Å². The van der Waals surface area contributed by atoms with Crippen LogP contribution in [0.1, 0.15) is 0 Å². The molecule has 6 heteroatoms. The molecule has 2 aromatic heterocycles. The van der Waals surface area contributed by atoms with Crippen molar-refractivity contribution in [3.05, 3.63) is 28.7 Å². The second-order valence-corrected chi connectivity index (χ2v) is 2.33. The first-order chi connectivity index (χ1) is 5.77. The summed E-state index contributed by atoms with van der Waals surface area (Å²) < 4.78 is 1.28. The van der Waals surface area contributed by atoms with Crippen molar-refractivity contribution in [2.45, 2.75) is 0 Å². The quantitative estimate of drug-likeness (QED) is 0.530. The number of nitrogen functional groups attached to an aromatic ring is 1. The fourth-order valence-electron chi connectivity index (χ4n) is 0.966. The van der Waals surface area contributed by atoms with Crippen molar-refractivity contribution in [1.29, 1.82) is 0 Å². The van der Waals surface area contributed by atoms with E-state index in [9.17, 15) is 4.79 Å². The average molecular weight is 165 g/mol. The van der Waals surface area contributed by atoms with Crippen LogP contribution in [0, 0.1) is 0 Å². The summed E-state index contributed by atoms with van der Waals surface area (Å²) in [5.41, 5.74) is 5.16. The largest absolute Gasteiger partial charge is 0.384 e. The molecule has 12 heavy (non-hydrogen) atoms. The van der Waals surface area contributed by atoms with Gasteiger partial charge in [0.2, 0.25) is 0 Å². The minimum absolute atomic E-state index is 0.211. The predicted octanol–water partition coefficient (Wildman–Crippen LogP) is -0.529. The Balaban J connectivity index is 2.61. The molecule has 0 unspecified atom stereocenters. The van der Waals surface area contributed by atoms with Crippen LogP contribution in [-0.4, -0.2) is 20.0 Å². The lowest BCUT2D eigenvalue weighted by atomic mass is 10.6. The van der Waals surface area contributed by atoms with Crippen LogP contribution in [0.15, 0.2) is 23.1 Å². The second kappa shape index (κ2) is 2.26. The molecular weight excluding hydrogens is 158 g/mol. The van der Waals surface area contributed by atoms with E-state index in [-0.39, 0.29) is 5.56 Å². The van der Waals surface area contributed by atoms with E-state index in [4.69, 9.17) is 5.73 Å². The van der Waals surface area contributed by atoms with Crippen molar-refractivity contribution in [2.75, 3.05) is 5.73 Å². The molecule has 0 aromatic carbocycles. The maximum atomic E-state index is 11.1. The van der Waals surface area contributed by atoms with E-state index >= 15 is 0 Å². The monoisotopic (exact) mass is 165 g/mol. The van der Waals surface area contributed by atoms with Gasteiger partial charge in [-0.3, -0.25) is 15.0 Å². The lowest BCUT2D eigenvalue weighted by Crippen LogP contribution is -2.13. The molecule has 0 saturated carbocycles. The highest BCUT2D eigenvalue weighted by molar-refractivity contribution is 5.28. The third-order valence-electron chi connectivity index (χ3n) is 1.47. The summed E-state index contributed by atoms with van der Waals surface area (Å²) in [4.78, 5) is 11.1. The standard InChI is InChI=1S/C6H7N5O/c7-4-3-6(12)11(10-4)5-1-2-8-9-5/h1-3,10H,7H2,(H,8,9). The number of aromatic nitrogens is 4. The Morgan fingerprint density at radius 2 is 2.42 bits per heavy atom. The zero-order chi connectivity index (χ0) is 8.55. The molecule has 0 radical (unpaired) electrons. The van der Waals surface area contributed by atoms with Gasteiger partial charge in [0.1, 0.15) is 5.82 Å². The Kier molecular flexibility index (Phi) is 1.26. The van der Waals surface area contributed by atoms with Gasteiger partial charge in [0, 0.05) is 12.1 Å². The number of aromatic amines is 2. The SMILES string of the molecule is Nc1cc(=O)n(-c2ccn[nH]2)[nH]1. The van der Waals surface area contributed by atoms with Gasteiger partial charge in [-0.15, -0.1) is 0 Å². The number of H-pyrrole nitrogens is 2. The molecule has 2 rings (SSSR count). The Hall–Kier alpha value is -1.98. The van der Waals surface area contributed by atoms with E-state index in [1.807, 2.05) is 0 Å². The minimum Gasteiger partial charge on any atom is -0.384 e. The maximum Gasteiger partial charge on any atom is 0.274 e. The van der Waals surface area contributed by atoms with Crippen LogP contribution in [-0.2, 0) is 0 Å². The third kappa shape index (κ3) is 0.895. The lowest BCUT2D eigenvalue weighted by molar-refractivity contribution is 0.814. The van der Waals surface area contributed by atoms with Gasteiger partial charge in [0.15, 0.2) is 5.82 Å². The van der Waals surface area contributed by atoms with Crippen molar-refractivity contribution in [3.8, 4) is 5.82 Å². The zero-order valence-electron chi connectivity index (χ0n) is 6.11. The van der Waals surface area contributed by atoms with Gasteiger partial charge in [-0.25, -0.2) is 4.68 Å². The molecule has 0 aliphatic heterocycles. The molecule has 0 aliphatic rings. The number of hydrogen-bond donors (Lipinski definition) is 3. The zero-order valence-corrected chi connectivity index (χ0v) is 6.11. The molecule has 0 atom stereocenters. The van der Waals surface area contributed by atoms with E-state index in [2.05, 4.69) is 15.3 Å². The minimum atomic E-state index is -0.211. The average Bonchev–Trinajstić information content (AvgIpc) is 2.58. The van der Waals surface area contributed by atoms with Gasteiger partial charge in [0.05, 0.1) is 6.20 Å². The van der Waals surface area contributed by atoms with Crippen LogP contribution in [0.4, 0.5) is 5.82 Å². The molecule has 6 nitrogen and oxygen atoms in total. The van der Waals surface area contributed by atoms with E-state index in [0.29, 0.717) is 11.6 Å². The van der Waals surface area contributed by atoms with Crippen LogP contribution in [0.5, 0.6) is 0 Å². The highest BCUT2D eigenvalue weighted by Crippen LogP contribution is 1.98. The van der Waals surface area contributed by atoms with Crippen molar-refractivity contribution < 1.29 is 0 Å². The molecular formula is C6H7N5O. The number of nitrogens with two attached hydrogens (primary N) is 1. The second-order valence-electron chi connectivity index (χ2n) is 2.33. The van der Waals surface area contributed by atoms with E-state index in [1.165, 1.54) is 10.7 Å². The molecule has 4 N–H and O–H groups in total. The number of nitrogens with zero attached hydrogens (tertiary/aromatic N) is 2. The van der Waals surface area contributed by atoms with Crippen LogP contribution in [0.25, 0.3) is 5.82 Å². The van der Waals surface area contributed by atoms with E-state index in [0.717, 1.165) is 0 Å². The smallest absolute Gasteiger partial charge is 0.274 e. The van der Waals surface area contributed by atoms with Gasteiger partial charge in [0.25, 0.3) is 5.56 Å². The van der Waals surface area contributed by atoms with Crippen LogP contribution in [0.3, 0.4) is 0 Å². The normalized spacial score (nSPS) is 10.3. The molecule has 62 valence electrons. The van der Waals surface area contributed by atoms with Crippen molar-refractivity contribution in [1.82, 2.24) is 20.0 Å². The van der Waals surface area contributed by atoms with Crippen molar-refractivity contribution in [2.24, 2.45) is 0 Å². The summed E-state index contributed by atoms with van der Waals surface area (Å²) in [6, 6.07) is 2.97. The lowest BCUT2D eigenvalue weighted by Gasteiger charge is -1.93. The summed E-state index contributed by atoms with van der Waals surface area (Å²) in [7, 11) is 0. The number of hydrogen-bond acceptors (Lipinski definition) is 3. The molecule has 0 bridgehead atoms. The fourth-order valence-corrected chi connectivity index (χ4v) is 0.966. The van der Waals surface area contributed by atoms with Gasteiger partial charge in [-0.05, 0) is 0 Å². The molecule has 0 aliphatic carbocycles. The first-order valence-corrected chi connectivity index (χ1v) is 3.34. The van der Waals surface area contributed by atoms with Crippen LogP contribution < -0.4 is 11.3 Å². The highest BCUT2D eigenvalue weighted by atomic mass is 16.1. The summed E-state index contributed by atoms with van der Waals surface area (Å²) >= 11 is 0. The molecule has 2 heterocycles. The molecule has 0 spiro atoms. The Morgan fingerprint density at radius 1 is 1.58 bits per heavy atom. The summed E-state index contributed by atoms with van der Waals surface area (Å²) in [5.74, 6) is 0.895. The summed E-state index contributed by atoms with van der Waals surface area (Å²) in [6.07, 6.45) is 1.55. The maximum absolute atomic E-state index is 11.1. The number of rotatable bonds is 1. The topological polar surface area (TPSA) is 92.5 Å². The van der Waals surface area contributed by atoms with Crippen molar-refractivity contribution in [3.63, 3.8) is 0 Å². The van der Waals surface area contributed by atoms with Gasteiger partial charge < -0.3 is 5.73 Å². The molecule has 0 saturated heterocycles. The number of anilines is 1. The molecule has 0 fully saturated rings. The Morgan fingerprint density at radius 3 is 2.92 bits per heavy atom. The summed E-state index contributed by atoms with van der Waals surface area (Å²) in [6.45, 7) is 0. The van der Waals surface area contributed by atoms with E-state index < -0.39 is 0 Å². The Bertz CT molecular complexity index is 423. The first kappa shape index (κ1) is 6.71. The van der Waals surface area contributed by atoms with Crippen molar-refractivity contribution >= 4 is 5.82 Å². The van der Waals surface area contributed by atoms with E-state index in [1.54, 1.807) is 12.3 Å². The number of nitrogens with one attached hydrogen (secondary N) is 2. The highest BCUT2D eigenvalue weighted by Gasteiger charge is 2.02. The summed E-state index contributed by atoms with van der Waals surface area (Å²) in [5, 5.41) is 8.99. The first-order valence-electron chi connectivity index (χ1n) is 3.34. The van der Waals surface area contributed by atoms with Crippen LogP contribution >= 0.6 is 0 Å².